The molecule has 2 N–H and O–H groups in total. The van der Waals surface area contributed by atoms with Crippen molar-refractivity contribution in [2.45, 2.75) is 31.7 Å². The molecule has 1 aliphatic rings. The van der Waals surface area contributed by atoms with E-state index in [4.69, 9.17) is 0 Å². The summed E-state index contributed by atoms with van der Waals surface area (Å²) in [5, 5.41) is 12.7. The van der Waals surface area contributed by atoms with Crippen LogP contribution in [0, 0.1) is 5.92 Å². The van der Waals surface area contributed by atoms with Gasteiger partial charge in [-0.15, -0.1) is 0 Å². The lowest BCUT2D eigenvalue weighted by molar-refractivity contribution is -0.258. The van der Waals surface area contributed by atoms with Gasteiger partial charge in [-0.25, -0.2) is 4.79 Å². The van der Waals surface area contributed by atoms with Crippen molar-refractivity contribution >= 4 is 5.97 Å². The summed E-state index contributed by atoms with van der Waals surface area (Å²) in [6.45, 7) is 2.27. The summed E-state index contributed by atoms with van der Waals surface area (Å²) in [7, 11) is 0. The summed E-state index contributed by atoms with van der Waals surface area (Å²) in [4.78, 5) is 10.6. The predicted octanol–water partition coefficient (Wildman–Crippen LogP) is 0.800. The molecule has 0 aromatic rings. The number of hydrogen-bond acceptors (Lipinski definition) is 4. The molecule has 4 nitrogen and oxygen atoms in total. The molecule has 1 saturated heterocycles. The van der Waals surface area contributed by atoms with E-state index in [1.54, 1.807) is 0 Å². The van der Waals surface area contributed by atoms with Gasteiger partial charge < -0.3 is 15.2 Å². The Balaban J connectivity index is 2.59. The molecule has 0 spiro atoms. The van der Waals surface area contributed by atoms with Crippen LogP contribution in [0.5, 0.6) is 0 Å². The van der Waals surface area contributed by atoms with E-state index in [2.05, 4.69) is 10.1 Å². The maximum Gasteiger partial charge on any atom is 0.491 e. The number of carbonyl (C=O) groups is 1. The van der Waals surface area contributed by atoms with Crippen molar-refractivity contribution in [2.75, 3.05) is 13.1 Å². The zero-order valence-corrected chi connectivity index (χ0v) is 8.80. The number of piperidine rings is 1. The average molecular weight is 241 g/mol. The van der Waals surface area contributed by atoms with Crippen LogP contribution in [0.1, 0.15) is 19.8 Å². The second-order valence-corrected chi connectivity index (χ2v) is 3.97. The molecular weight excluding hydrogens is 227 g/mol. The third-order valence-electron chi connectivity index (χ3n) is 2.63. The van der Waals surface area contributed by atoms with E-state index in [-0.39, 0.29) is 0 Å². The Bertz CT molecular complexity index is 259. The van der Waals surface area contributed by atoms with Gasteiger partial charge in [0, 0.05) is 12.8 Å². The van der Waals surface area contributed by atoms with Gasteiger partial charge in [-0.05, 0) is 25.9 Å². The van der Waals surface area contributed by atoms with Crippen LogP contribution in [0.15, 0.2) is 0 Å². The van der Waals surface area contributed by atoms with Crippen molar-refractivity contribution < 1.29 is 27.8 Å². The summed E-state index contributed by atoms with van der Waals surface area (Å²) in [6.07, 6.45) is -4.13. The molecule has 0 radical (unpaired) electrons. The third kappa shape index (κ3) is 3.34. The largest absolute Gasteiger partial charge is 0.491 e. The van der Waals surface area contributed by atoms with E-state index in [0.29, 0.717) is 25.9 Å². The fourth-order valence-electron chi connectivity index (χ4n) is 1.69. The second-order valence-electron chi connectivity index (χ2n) is 3.97. The zero-order valence-electron chi connectivity index (χ0n) is 8.80. The molecule has 0 amide bonds. The minimum Gasteiger partial charge on any atom is -0.427 e. The molecule has 1 fully saturated rings. The average Bonchev–Trinajstić information content (AvgIpc) is 2.17. The Hall–Kier alpha value is -0.820. The number of halogens is 3. The van der Waals surface area contributed by atoms with Crippen molar-refractivity contribution in [1.29, 1.82) is 0 Å². The number of hydrogen-bond donors (Lipinski definition) is 2. The van der Waals surface area contributed by atoms with E-state index >= 15 is 0 Å². The van der Waals surface area contributed by atoms with E-state index in [0.717, 1.165) is 6.92 Å². The number of alkyl halides is 3. The Morgan fingerprint density at radius 1 is 1.38 bits per heavy atom. The van der Waals surface area contributed by atoms with E-state index in [1.165, 1.54) is 0 Å². The first-order chi connectivity index (χ1) is 7.23. The first-order valence-corrected chi connectivity index (χ1v) is 4.97. The molecule has 0 aliphatic carbocycles. The van der Waals surface area contributed by atoms with Gasteiger partial charge in [0.05, 0.1) is 0 Å². The second kappa shape index (κ2) is 4.58. The number of esters is 1. The van der Waals surface area contributed by atoms with Crippen LogP contribution < -0.4 is 5.32 Å². The molecule has 1 rings (SSSR count). The molecule has 0 saturated carbocycles. The summed E-state index contributed by atoms with van der Waals surface area (Å²) in [6, 6.07) is 0. The summed E-state index contributed by atoms with van der Waals surface area (Å²) >= 11 is 0. The first kappa shape index (κ1) is 13.2. The first-order valence-electron chi connectivity index (χ1n) is 4.97. The highest BCUT2D eigenvalue weighted by atomic mass is 19.4. The Morgan fingerprint density at radius 2 is 1.88 bits per heavy atom. The lowest BCUT2D eigenvalue weighted by atomic mass is 9.90. The third-order valence-corrected chi connectivity index (χ3v) is 2.63. The molecule has 7 heteroatoms. The molecule has 1 heterocycles. The number of rotatable bonds is 2. The van der Waals surface area contributed by atoms with Gasteiger partial charge >= 0.3 is 12.1 Å². The minimum atomic E-state index is -5.07. The van der Waals surface area contributed by atoms with Crippen LogP contribution in [0.25, 0.3) is 0 Å². The molecule has 1 atom stereocenters. The van der Waals surface area contributed by atoms with Crippen LogP contribution >= 0.6 is 0 Å². The minimum absolute atomic E-state index is 0.470. The van der Waals surface area contributed by atoms with Crippen LogP contribution in [-0.4, -0.2) is 36.1 Å². The van der Waals surface area contributed by atoms with E-state index < -0.39 is 23.9 Å². The quantitative estimate of drug-likeness (QED) is 0.554. The lowest BCUT2D eigenvalue weighted by Gasteiger charge is -2.35. The maximum atomic E-state index is 11.9. The van der Waals surface area contributed by atoms with Gasteiger partial charge in [0.1, 0.15) is 0 Å². The zero-order chi connectivity index (χ0) is 12.4. The number of nitrogens with one attached hydrogen (secondary N) is 1. The van der Waals surface area contributed by atoms with Gasteiger partial charge in [-0.2, -0.15) is 13.2 Å². The molecular formula is C9H14F3NO3. The van der Waals surface area contributed by atoms with Crippen LogP contribution in [-0.2, 0) is 9.53 Å². The van der Waals surface area contributed by atoms with Gasteiger partial charge in [0.15, 0.2) is 0 Å². The monoisotopic (exact) mass is 241 g/mol. The summed E-state index contributed by atoms with van der Waals surface area (Å²) in [5.41, 5.74) is 0. The van der Waals surface area contributed by atoms with Crippen LogP contribution in [0.3, 0.4) is 0 Å². The fourth-order valence-corrected chi connectivity index (χ4v) is 1.69. The molecule has 16 heavy (non-hydrogen) atoms. The van der Waals surface area contributed by atoms with Crippen molar-refractivity contribution in [1.82, 2.24) is 5.32 Å². The molecule has 0 aromatic carbocycles. The molecule has 0 unspecified atom stereocenters. The van der Waals surface area contributed by atoms with Gasteiger partial charge in [0.25, 0.3) is 0 Å². The van der Waals surface area contributed by atoms with Crippen molar-refractivity contribution in [2.24, 2.45) is 5.92 Å². The molecule has 94 valence electrons. The maximum absolute atomic E-state index is 11.9. The smallest absolute Gasteiger partial charge is 0.427 e. The summed E-state index contributed by atoms with van der Waals surface area (Å²) in [5.74, 6) is -4.88. The normalized spacial score (nSPS) is 22.6. The van der Waals surface area contributed by atoms with E-state index in [9.17, 15) is 23.1 Å². The van der Waals surface area contributed by atoms with E-state index in [1.807, 2.05) is 0 Å². The van der Waals surface area contributed by atoms with Gasteiger partial charge in [0.2, 0.25) is 5.79 Å². The Labute approximate surface area is 90.8 Å². The number of carbonyl (C=O) groups excluding carboxylic acids is 1. The standard InChI is InChI=1S/C9H14F3NO3/c1-8(15,6-2-4-13-5-3-6)16-7(14)9(10,11)12/h6,13,15H,2-5H2,1H3/t8-/m1/s1. The van der Waals surface area contributed by atoms with Gasteiger partial charge in [-0.1, -0.05) is 0 Å². The highest BCUT2D eigenvalue weighted by molar-refractivity contribution is 5.75. The number of ether oxygens (including phenoxy) is 1. The lowest BCUT2D eigenvalue weighted by Crippen LogP contribution is -2.47. The SMILES string of the molecule is C[C@@](O)(OC(=O)C(F)(F)F)C1CCNCC1. The highest BCUT2D eigenvalue weighted by Gasteiger charge is 2.47. The van der Waals surface area contributed by atoms with Crippen molar-refractivity contribution in [3.8, 4) is 0 Å². The molecule has 0 bridgehead atoms. The van der Waals surface area contributed by atoms with Crippen LogP contribution in [0.2, 0.25) is 0 Å². The topological polar surface area (TPSA) is 58.6 Å². The molecule has 0 aromatic heterocycles. The number of aliphatic hydroxyl groups is 1. The van der Waals surface area contributed by atoms with Crippen LogP contribution in [0.4, 0.5) is 13.2 Å². The summed E-state index contributed by atoms with van der Waals surface area (Å²) < 4.78 is 40.0. The molecule has 1 aliphatic heterocycles. The Morgan fingerprint density at radius 3 is 2.31 bits per heavy atom. The fraction of sp³-hybridized carbons (Fsp3) is 0.889. The Kier molecular flexibility index (Phi) is 3.80. The highest BCUT2D eigenvalue weighted by Crippen LogP contribution is 2.29. The van der Waals surface area contributed by atoms with Gasteiger partial charge in [-0.3, -0.25) is 0 Å². The van der Waals surface area contributed by atoms with Crippen molar-refractivity contribution in [3.05, 3.63) is 0 Å². The van der Waals surface area contributed by atoms with Crippen molar-refractivity contribution in [3.63, 3.8) is 0 Å². The predicted molar refractivity (Wildman–Crippen MR) is 48.4 cm³/mol.